The Hall–Kier alpha value is -3.65. The van der Waals surface area contributed by atoms with Crippen molar-refractivity contribution < 1.29 is 19.1 Å². The number of ether oxygens (including phenoxy) is 2. The fourth-order valence-corrected chi connectivity index (χ4v) is 3.94. The number of rotatable bonds is 7. The molecular formula is C34H54N4O4. The Morgan fingerprint density at radius 2 is 1.55 bits per heavy atom. The van der Waals surface area contributed by atoms with Gasteiger partial charge in [0.25, 0.3) is 0 Å². The molecule has 0 atom stereocenters. The monoisotopic (exact) mass is 582 g/mol. The second-order valence-corrected chi connectivity index (χ2v) is 10.3. The Labute approximate surface area is 254 Å². The SMILES string of the molecule is C=CN=C(CC)CNC.CC.CNC(=O)OC(C)(C)C.O=C(Nc1ccc(C2CCCCC2)cc1)Oc1ccccc1. The van der Waals surface area contributed by atoms with Gasteiger partial charge in [0.1, 0.15) is 11.4 Å². The molecule has 0 aromatic heterocycles. The van der Waals surface area contributed by atoms with Gasteiger partial charge < -0.3 is 20.1 Å². The number of carbonyl (C=O) groups is 2. The van der Waals surface area contributed by atoms with Crippen molar-refractivity contribution in [3.8, 4) is 5.75 Å². The van der Waals surface area contributed by atoms with Crippen LogP contribution in [0.3, 0.4) is 0 Å². The van der Waals surface area contributed by atoms with Gasteiger partial charge in [0.15, 0.2) is 0 Å². The number of aliphatic imine (C=N–C) groups is 1. The second-order valence-electron chi connectivity index (χ2n) is 10.3. The molecule has 1 aliphatic rings. The first-order valence-corrected chi connectivity index (χ1v) is 15.0. The Morgan fingerprint density at radius 3 is 2.00 bits per heavy atom. The normalized spacial score (nSPS) is 12.9. The predicted molar refractivity (Wildman–Crippen MR) is 177 cm³/mol. The largest absolute Gasteiger partial charge is 0.444 e. The summed E-state index contributed by atoms with van der Waals surface area (Å²) >= 11 is 0. The lowest BCUT2D eigenvalue weighted by Crippen LogP contribution is -2.30. The molecule has 1 fully saturated rings. The lowest BCUT2D eigenvalue weighted by molar-refractivity contribution is 0.0541. The molecule has 3 N–H and O–H groups in total. The summed E-state index contributed by atoms with van der Waals surface area (Å²) in [7, 11) is 3.45. The highest BCUT2D eigenvalue weighted by molar-refractivity contribution is 5.86. The van der Waals surface area contributed by atoms with Crippen LogP contribution in [0.2, 0.25) is 0 Å². The first-order chi connectivity index (χ1) is 20.1. The van der Waals surface area contributed by atoms with Gasteiger partial charge in [-0.2, -0.15) is 0 Å². The van der Waals surface area contributed by atoms with Crippen molar-refractivity contribution in [2.45, 2.75) is 91.6 Å². The van der Waals surface area contributed by atoms with Crippen molar-refractivity contribution in [3.63, 3.8) is 0 Å². The molecule has 1 aliphatic carbocycles. The van der Waals surface area contributed by atoms with Crippen LogP contribution in [-0.2, 0) is 4.74 Å². The second kappa shape index (κ2) is 23.0. The summed E-state index contributed by atoms with van der Waals surface area (Å²) in [6, 6.07) is 17.2. The van der Waals surface area contributed by atoms with E-state index in [4.69, 9.17) is 9.47 Å². The van der Waals surface area contributed by atoms with Crippen LogP contribution < -0.4 is 20.7 Å². The quantitative estimate of drug-likeness (QED) is 0.283. The fraction of sp³-hybridized carbons (Fsp3) is 0.500. The number of anilines is 1. The number of amides is 2. The Balaban J connectivity index is 0.000000701. The van der Waals surface area contributed by atoms with Gasteiger partial charge in [-0.15, -0.1) is 0 Å². The Kier molecular flexibility index (Phi) is 21.0. The van der Waals surface area contributed by atoms with Crippen LogP contribution in [0, 0.1) is 0 Å². The van der Waals surface area contributed by atoms with E-state index in [0.717, 1.165) is 24.4 Å². The van der Waals surface area contributed by atoms with E-state index in [0.29, 0.717) is 11.7 Å². The van der Waals surface area contributed by atoms with Crippen molar-refractivity contribution in [1.29, 1.82) is 0 Å². The number of alkyl carbamates (subject to hydrolysis) is 1. The molecule has 8 heteroatoms. The van der Waals surface area contributed by atoms with Crippen LogP contribution >= 0.6 is 0 Å². The van der Waals surface area contributed by atoms with E-state index in [1.165, 1.54) is 44.7 Å². The van der Waals surface area contributed by atoms with Gasteiger partial charge in [-0.1, -0.05) is 76.9 Å². The molecule has 0 aliphatic heterocycles. The molecule has 2 aromatic rings. The first-order valence-electron chi connectivity index (χ1n) is 15.0. The molecule has 0 heterocycles. The highest BCUT2D eigenvalue weighted by atomic mass is 16.6. The smallest absolute Gasteiger partial charge is 0.417 e. The summed E-state index contributed by atoms with van der Waals surface area (Å²) in [6.45, 7) is 15.9. The standard InChI is InChI=1S/C19H21NO2.C7H14N2.C6H13NO2.C2H6/c21-19(22-18-9-5-2-6-10-18)20-17-13-11-16(12-14-17)15-7-3-1-4-8-15;1-4-7(6-8-3)9-5-2;1-6(2,3)9-5(8)7-4;1-2/h2,5-6,9-15H,1,3-4,7-8H2,(H,20,21);5,8H,2,4,6H2,1,3H3;1-4H3,(H,7,8);1-2H3. The molecule has 0 spiro atoms. The van der Waals surface area contributed by atoms with E-state index >= 15 is 0 Å². The third-order valence-corrected chi connectivity index (χ3v) is 5.85. The third-order valence-electron chi connectivity index (χ3n) is 5.85. The average Bonchev–Trinajstić information content (AvgIpc) is 2.99. The van der Waals surface area contributed by atoms with Crippen LogP contribution in [0.25, 0.3) is 0 Å². The van der Waals surface area contributed by atoms with Crippen LogP contribution in [-0.4, -0.2) is 44.1 Å². The molecule has 234 valence electrons. The fourth-order valence-electron chi connectivity index (χ4n) is 3.94. The molecule has 2 amide bonds. The highest BCUT2D eigenvalue weighted by Crippen LogP contribution is 2.33. The van der Waals surface area contributed by atoms with Gasteiger partial charge in [0, 0.05) is 31.2 Å². The first kappa shape index (κ1) is 38.4. The minimum atomic E-state index is -0.461. The summed E-state index contributed by atoms with van der Waals surface area (Å²) in [5.74, 6) is 1.22. The number of para-hydroxylation sites is 1. The van der Waals surface area contributed by atoms with Gasteiger partial charge in [-0.3, -0.25) is 10.3 Å². The van der Waals surface area contributed by atoms with Crippen LogP contribution in [0.4, 0.5) is 15.3 Å². The lowest BCUT2D eigenvalue weighted by Gasteiger charge is -2.22. The van der Waals surface area contributed by atoms with Crippen molar-refractivity contribution in [3.05, 3.63) is 72.9 Å². The molecule has 0 unspecified atom stereocenters. The number of benzene rings is 2. The number of carbonyl (C=O) groups excluding carboxylic acids is 2. The predicted octanol–water partition coefficient (Wildman–Crippen LogP) is 8.71. The highest BCUT2D eigenvalue weighted by Gasteiger charge is 2.15. The van der Waals surface area contributed by atoms with Crippen molar-refractivity contribution in [2.24, 2.45) is 4.99 Å². The van der Waals surface area contributed by atoms with E-state index in [1.54, 1.807) is 18.3 Å². The maximum Gasteiger partial charge on any atom is 0.417 e. The maximum absolute atomic E-state index is 11.8. The Bertz CT molecular complexity index is 1030. The Morgan fingerprint density at radius 1 is 0.952 bits per heavy atom. The maximum atomic E-state index is 11.8. The van der Waals surface area contributed by atoms with Gasteiger partial charge in [0.05, 0.1) is 0 Å². The lowest BCUT2D eigenvalue weighted by atomic mass is 9.84. The molecular weight excluding hydrogens is 528 g/mol. The molecule has 0 bridgehead atoms. The van der Waals surface area contributed by atoms with E-state index in [1.807, 2.05) is 72.0 Å². The zero-order chi connectivity index (χ0) is 31.8. The molecule has 42 heavy (non-hydrogen) atoms. The number of nitrogens with one attached hydrogen (secondary N) is 3. The number of hydrogen-bond donors (Lipinski definition) is 3. The van der Waals surface area contributed by atoms with Crippen LogP contribution in [0.5, 0.6) is 5.75 Å². The third kappa shape index (κ3) is 18.7. The topological polar surface area (TPSA) is 101 Å². The van der Waals surface area contributed by atoms with Crippen LogP contribution in [0.1, 0.15) is 91.5 Å². The van der Waals surface area contributed by atoms with Crippen molar-refractivity contribution in [1.82, 2.24) is 10.6 Å². The van der Waals surface area contributed by atoms with E-state index in [-0.39, 0.29) is 11.7 Å². The molecule has 2 aromatic carbocycles. The minimum Gasteiger partial charge on any atom is -0.444 e. The summed E-state index contributed by atoms with van der Waals surface area (Å²) in [5.41, 5.74) is 2.90. The van der Waals surface area contributed by atoms with E-state index in [9.17, 15) is 9.59 Å². The number of hydrogen-bond acceptors (Lipinski definition) is 6. The molecule has 1 saturated carbocycles. The van der Waals surface area contributed by atoms with Crippen molar-refractivity contribution in [2.75, 3.05) is 26.0 Å². The van der Waals surface area contributed by atoms with Gasteiger partial charge in [-0.05, 0) is 82.8 Å². The molecule has 0 radical (unpaired) electrons. The molecule has 3 rings (SSSR count). The van der Waals surface area contributed by atoms with Gasteiger partial charge >= 0.3 is 12.2 Å². The van der Waals surface area contributed by atoms with E-state index in [2.05, 4.69) is 46.6 Å². The average molecular weight is 583 g/mol. The van der Waals surface area contributed by atoms with Crippen molar-refractivity contribution >= 4 is 23.6 Å². The van der Waals surface area contributed by atoms with Crippen LogP contribution in [0.15, 0.2) is 72.4 Å². The summed E-state index contributed by atoms with van der Waals surface area (Å²) in [4.78, 5) is 26.4. The van der Waals surface area contributed by atoms with Gasteiger partial charge in [-0.25, -0.2) is 9.59 Å². The zero-order valence-corrected chi connectivity index (χ0v) is 27.1. The van der Waals surface area contributed by atoms with Gasteiger partial charge in [0.2, 0.25) is 0 Å². The number of nitrogens with zero attached hydrogens (tertiary/aromatic N) is 1. The summed E-state index contributed by atoms with van der Waals surface area (Å²) < 4.78 is 10.1. The summed E-state index contributed by atoms with van der Waals surface area (Å²) in [6.07, 6.45) is 8.30. The van der Waals surface area contributed by atoms with E-state index < -0.39 is 6.09 Å². The molecule has 8 nitrogen and oxygen atoms in total. The molecule has 0 saturated heterocycles. The minimum absolute atomic E-state index is 0.387. The zero-order valence-electron chi connectivity index (χ0n) is 27.1. The summed E-state index contributed by atoms with van der Waals surface area (Å²) in [5, 5.41) is 8.14.